The summed E-state index contributed by atoms with van der Waals surface area (Å²) in [5.74, 6) is -1.29. The minimum absolute atomic E-state index is 0.0825. The molecule has 9 rings (SSSR count). The monoisotopic (exact) mass is 950 g/mol. The number of methoxy groups -OCH3 is 1. The van der Waals surface area contributed by atoms with Gasteiger partial charge in [0.1, 0.15) is 12.1 Å². The van der Waals surface area contributed by atoms with Crippen LogP contribution in [0.25, 0.3) is 33.4 Å². The number of hydrogen-bond acceptors (Lipinski definition) is 12. The van der Waals surface area contributed by atoms with E-state index in [1.165, 1.54) is 39.1 Å². The van der Waals surface area contributed by atoms with Gasteiger partial charge in [-0.15, -0.1) is 23.1 Å². The van der Waals surface area contributed by atoms with Crippen molar-refractivity contribution >= 4 is 63.6 Å². The lowest BCUT2D eigenvalue weighted by Gasteiger charge is -2.51. The normalized spacial score (nSPS) is 26.1. The van der Waals surface area contributed by atoms with Crippen LogP contribution in [0.1, 0.15) is 82.2 Å². The second kappa shape index (κ2) is 18.1. The quantitative estimate of drug-likeness (QED) is 0.148. The van der Waals surface area contributed by atoms with Crippen LogP contribution in [0.3, 0.4) is 0 Å². The maximum atomic E-state index is 15.3. The zero-order valence-electron chi connectivity index (χ0n) is 39.7. The lowest BCUT2D eigenvalue weighted by molar-refractivity contribution is -0.159. The van der Waals surface area contributed by atoms with Crippen molar-refractivity contribution in [3.8, 4) is 22.5 Å². The number of thiazole rings is 1. The first-order valence-corrected chi connectivity index (χ1v) is 25.4. The van der Waals surface area contributed by atoms with Crippen molar-refractivity contribution in [1.29, 1.82) is 0 Å². The molecule has 15 nitrogen and oxygen atoms in total. The minimum atomic E-state index is -1.21. The lowest BCUT2D eigenvalue weighted by Crippen LogP contribution is -2.67. The number of aryl methyl sites for hydroxylation is 1. The number of cyclic esters (lactones) is 1. The van der Waals surface area contributed by atoms with E-state index in [1.807, 2.05) is 25.3 Å². The van der Waals surface area contributed by atoms with Gasteiger partial charge in [0.2, 0.25) is 11.8 Å². The Balaban J connectivity index is 1.11. The van der Waals surface area contributed by atoms with Crippen molar-refractivity contribution in [2.24, 2.45) is 16.7 Å². The van der Waals surface area contributed by atoms with Gasteiger partial charge in [0.05, 0.1) is 51.4 Å². The molecular weight excluding hydrogens is 889 g/mol. The van der Waals surface area contributed by atoms with Gasteiger partial charge in [-0.05, 0) is 68.0 Å². The van der Waals surface area contributed by atoms with Crippen molar-refractivity contribution in [3.63, 3.8) is 0 Å². The summed E-state index contributed by atoms with van der Waals surface area (Å²) >= 11 is 2.89. The summed E-state index contributed by atoms with van der Waals surface area (Å²) < 4.78 is 15.0. The molecule has 2 unspecified atom stereocenters. The molecule has 3 fully saturated rings. The van der Waals surface area contributed by atoms with E-state index in [0.29, 0.717) is 56.2 Å². The number of hydrazine groups is 1. The molecule has 17 heteroatoms. The first-order chi connectivity index (χ1) is 32.0. The number of ketones is 1. The third-order valence-corrected chi connectivity index (χ3v) is 17.5. The van der Waals surface area contributed by atoms with E-state index in [-0.39, 0.29) is 54.5 Å². The number of esters is 1. The molecule has 7 atom stereocenters. The van der Waals surface area contributed by atoms with Crippen molar-refractivity contribution in [3.05, 3.63) is 70.8 Å². The van der Waals surface area contributed by atoms with Crippen LogP contribution in [0.15, 0.2) is 54.6 Å². The van der Waals surface area contributed by atoms with Gasteiger partial charge in [0.25, 0.3) is 0 Å². The molecule has 1 aromatic carbocycles. The molecular formula is C50H62N8O7S2. The Kier molecular flexibility index (Phi) is 12.7. The van der Waals surface area contributed by atoms with Crippen LogP contribution in [0.5, 0.6) is 0 Å². The zero-order chi connectivity index (χ0) is 47.7. The van der Waals surface area contributed by atoms with Gasteiger partial charge < -0.3 is 28.7 Å². The molecule has 3 saturated heterocycles. The number of hydrogen-bond donors (Lipinski definition) is 1. The number of ether oxygens (including phenoxy) is 2. The highest BCUT2D eigenvalue weighted by molar-refractivity contribution is 8.02. The van der Waals surface area contributed by atoms with E-state index in [9.17, 15) is 14.4 Å². The number of Topliss-reactive ketones (excluding diaryl/α,β-unsaturated/α-hetero) is 1. The zero-order valence-corrected chi connectivity index (χ0v) is 41.4. The summed E-state index contributed by atoms with van der Waals surface area (Å²) in [6, 6.07) is 8.33. The number of urea groups is 1. The SMILES string of the molecule is C=CC(=O)N1CC[C@H](N(C)C(=O)N(C)[C@H](C(=O)C2SC[C@@]23Cc2nc(cs2)-c2ccc4c(c2)c2c(n4CC)-c4cccnc4[C@@H](OC)C2C(C)(C)COC(=O)[C@@H]2CCCN(N2)C3=O)C(C)C)C1. The van der Waals surface area contributed by atoms with Gasteiger partial charge in [-0.2, -0.15) is 0 Å². The molecule has 6 bridgehead atoms. The number of rotatable bonds is 8. The number of benzene rings is 1. The fourth-order valence-corrected chi connectivity index (χ4v) is 13.8. The van der Waals surface area contributed by atoms with E-state index < -0.39 is 40.2 Å². The summed E-state index contributed by atoms with van der Waals surface area (Å²) in [7, 11) is 5.08. The first kappa shape index (κ1) is 47.0. The van der Waals surface area contributed by atoms with E-state index in [1.54, 1.807) is 37.2 Å². The minimum Gasteiger partial charge on any atom is -0.464 e. The van der Waals surface area contributed by atoms with Crippen LogP contribution in [-0.4, -0.2) is 140 Å². The van der Waals surface area contributed by atoms with E-state index in [0.717, 1.165) is 44.7 Å². The number of pyridine rings is 1. The smallest absolute Gasteiger partial charge is 0.324 e. The Hall–Kier alpha value is -5.10. The molecule has 67 heavy (non-hydrogen) atoms. The third kappa shape index (κ3) is 7.86. The van der Waals surface area contributed by atoms with Crippen LogP contribution in [0, 0.1) is 16.7 Å². The van der Waals surface area contributed by atoms with Crippen molar-refractivity contribution in [2.75, 3.05) is 53.2 Å². The molecule has 1 aliphatic carbocycles. The topological polar surface area (TPSA) is 160 Å². The number of nitrogens with one attached hydrogen (secondary N) is 1. The highest BCUT2D eigenvalue weighted by Crippen LogP contribution is 2.57. The first-order valence-electron chi connectivity index (χ1n) is 23.4. The second-order valence-electron chi connectivity index (χ2n) is 19.9. The summed E-state index contributed by atoms with van der Waals surface area (Å²) in [6.07, 6.45) is 4.49. The number of fused-ring (bicyclic) bond motifs is 8. The molecule has 4 aromatic rings. The van der Waals surface area contributed by atoms with Crippen LogP contribution in [-0.2, 0) is 41.6 Å². The molecule has 1 N–H and O–H groups in total. The van der Waals surface area contributed by atoms with Crippen molar-refractivity contribution in [2.45, 2.75) is 102 Å². The maximum Gasteiger partial charge on any atom is 0.324 e. The fourth-order valence-electron chi connectivity index (χ4n) is 11.4. The summed E-state index contributed by atoms with van der Waals surface area (Å²) in [5, 5.41) is 4.54. The highest BCUT2D eigenvalue weighted by atomic mass is 32.2. The number of likely N-dealkylation sites (N-methyl/N-ethyl adjacent to an activating group) is 2. The molecule has 7 heterocycles. The van der Waals surface area contributed by atoms with Gasteiger partial charge in [-0.3, -0.25) is 29.2 Å². The van der Waals surface area contributed by atoms with E-state index in [4.69, 9.17) is 19.4 Å². The predicted octanol–water partition coefficient (Wildman–Crippen LogP) is 6.72. The van der Waals surface area contributed by atoms with Gasteiger partial charge in [0, 0.05) is 104 Å². The Morgan fingerprint density at radius 3 is 2.63 bits per heavy atom. The average molecular weight is 951 g/mol. The summed E-state index contributed by atoms with van der Waals surface area (Å²) in [5.41, 5.74) is 8.21. The van der Waals surface area contributed by atoms with E-state index >= 15 is 9.59 Å². The van der Waals surface area contributed by atoms with Gasteiger partial charge >= 0.3 is 12.0 Å². The van der Waals surface area contributed by atoms with Gasteiger partial charge in [0.15, 0.2) is 5.78 Å². The third-order valence-electron chi connectivity index (χ3n) is 14.9. The molecule has 356 valence electrons. The molecule has 1 spiro atoms. The maximum absolute atomic E-state index is 15.3. The molecule has 5 aliphatic rings. The lowest BCUT2D eigenvalue weighted by atomic mass is 9.67. The Labute approximate surface area is 400 Å². The number of amides is 4. The molecule has 0 radical (unpaired) electrons. The largest absolute Gasteiger partial charge is 0.464 e. The number of carbonyl (C=O) groups excluding carboxylic acids is 5. The number of likely N-dealkylation sites (tertiary alicyclic amines) is 1. The van der Waals surface area contributed by atoms with Crippen LogP contribution < -0.4 is 5.43 Å². The van der Waals surface area contributed by atoms with Crippen LogP contribution >= 0.6 is 23.1 Å². The Morgan fingerprint density at radius 2 is 1.93 bits per heavy atom. The predicted molar refractivity (Wildman–Crippen MR) is 259 cm³/mol. The van der Waals surface area contributed by atoms with Crippen molar-refractivity contribution in [1.82, 2.24) is 39.7 Å². The summed E-state index contributed by atoms with van der Waals surface area (Å²) in [6.45, 7) is 15.8. The van der Waals surface area contributed by atoms with Gasteiger partial charge in [-0.1, -0.05) is 40.3 Å². The number of nitrogens with zero attached hydrogens (tertiary/aromatic N) is 7. The number of carbonyl (C=O) groups is 5. The van der Waals surface area contributed by atoms with Crippen LogP contribution in [0.4, 0.5) is 4.79 Å². The van der Waals surface area contributed by atoms with Crippen LogP contribution in [0.2, 0.25) is 0 Å². The molecule has 4 aliphatic heterocycles. The Morgan fingerprint density at radius 1 is 1.13 bits per heavy atom. The molecule has 4 amide bonds. The Bertz CT molecular complexity index is 2640. The second-order valence-corrected chi connectivity index (χ2v) is 21.9. The van der Waals surface area contributed by atoms with Crippen molar-refractivity contribution < 1.29 is 33.4 Å². The fraction of sp³-hybridized carbons (Fsp3) is 0.540. The van der Waals surface area contributed by atoms with Gasteiger partial charge in [-0.25, -0.2) is 15.2 Å². The van der Waals surface area contributed by atoms with E-state index in [2.05, 4.69) is 61.6 Å². The molecule has 0 saturated carbocycles. The summed E-state index contributed by atoms with van der Waals surface area (Å²) in [4.78, 5) is 86.2. The standard InChI is InChI=1S/C50H62N8O7S2/c1-10-37(59)56-21-18-30(24-56)54(7)48(63)55(8)41(28(3)4)43(60)45-50(27-67-45)23-36-52-34(25-66-36)29-16-17-35-32(22-29)38-39(44(64-9)40-31(14-12-19-51-40)42(38)57(35)11-2)49(5,6)26-65-46(61)33-15-13-20-58(53-33)47(50)62/h10,12,14,16-17,19,22,25,28,30,33,39,41,44-45,53H,1,11,13,15,18,20-21,23-24,26-27H2,2-9H3/t30-,33-,39?,41-,44-,45?,50-/m0/s1. The number of aromatic nitrogens is 3. The average Bonchev–Trinajstić information content (AvgIpc) is 4.08. The molecule has 3 aromatic heterocycles. The highest BCUT2D eigenvalue weighted by Gasteiger charge is 2.61. The number of thioether (sulfide) groups is 1.